The van der Waals surface area contributed by atoms with Gasteiger partial charge in [0.2, 0.25) is 5.91 Å². The first-order valence-corrected chi connectivity index (χ1v) is 7.34. The Morgan fingerprint density at radius 3 is 2.40 bits per heavy atom. The second kappa shape index (κ2) is 6.12. The molecule has 1 fully saturated rings. The predicted octanol–water partition coefficient (Wildman–Crippen LogP) is 1.85. The highest BCUT2D eigenvalue weighted by atomic mass is 16.4. The van der Waals surface area contributed by atoms with E-state index in [-0.39, 0.29) is 17.4 Å². The van der Waals surface area contributed by atoms with Crippen molar-refractivity contribution in [2.75, 3.05) is 13.1 Å². The number of aliphatic carboxylic acids is 1. The van der Waals surface area contributed by atoms with Gasteiger partial charge in [0.05, 0.1) is 5.41 Å². The van der Waals surface area contributed by atoms with Crippen molar-refractivity contribution in [1.82, 2.24) is 4.90 Å². The van der Waals surface area contributed by atoms with Gasteiger partial charge >= 0.3 is 5.97 Å². The van der Waals surface area contributed by atoms with Crippen molar-refractivity contribution in [3.8, 4) is 0 Å². The number of nitrogens with zero attached hydrogens (tertiary/aromatic N) is 1. The molecule has 5 nitrogen and oxygen atoms in total. The molecule has 0 aromatic carbocycles. The molecule has 1 saturated heterocycles. The molecule has 116 valence electrons. The van der Waals surface area contributed by atoms with Crippen LogP contribution in [0, 0.1) is 11.3 Å². The van der Waals surface area contributed by atoms with E-state index in [0.29, 0.717) is 19.4 Å². The highest BCUT2D eigenvalue weighted by Gasteiger charge is 2.39. The van der Waals surface area contributed by atoms with Crippen LogP contribution in [0.2, 0.25) is 0 Å². The minimum Gasteiger partial charge on any atom is -0.481 e. The van der Waals surface area contributed by atoms with Crippen molar-refractivity contribution >= 4 is 11.9 Å². The van der Waals surface area contributed by atoms with Crippen LogP contribution >= 0.6 is 0 Å². The van der Waals surface area contributed by atoms with Crippen LogP contribution in [0.15, 0.2) is 0 Å². The molecule has 1 aliphatic heterocycles. The van der Waals surface area contributed by atoms with Crippen LogP contribution in [0.3, 0.4) is 0 Å². The summed E-state index contributed by atoms with van der Waals surface area (Å²) in [4.78, 5) is 25.4. The Labute approximate surface area is 121 Å². The molecule has 0 aromatic heterocycles. The van der Waals surface area contributed by atoms with Crippen molar-refractivity contribution in [3.63, 3.8) is 0 Å². The fourth-order valence-electron chi connectivity index (χ4n) is 2.55. The summed E-state index contributed by atoms with van der Waals surface area (Å²) >= 11 is 0. The molecule has 0 spiro atoms. The molecular weight excluding hydrogens is 256 g/mol. The monoisotopic (exact) mass is 284 g/mol. The van der Waals surface area contributed by atoms with Crippen LogP contribution in [-0.2, 0) is 9.59 Å². The average molecular weight is 284 g/mol. The van der Waals surface area contributed by atoms with Gasteiger partial charge in [-0.05, 0) is 52.9 Å². The lowest BCUT2D eigenvalue weighted by Gasteiger charge is -2.39. The summed E-state index contributed by atoms with van der Waals surface area (Å²) < 4.78 is 0. The van der Waals surface area contributed by atoms with Gasteiger partial charge in [-0.2, -0.15) is 0 Å². The quantitative estimate of drug-likeness (QED) is 0.807. The average Bonchev–Trinajstić information content (AvgIpc) is 2.35. The van der Waals surface area contributed by atoms with Crippen LogP contribution in [0.25, 0.3) is 0 Å². The first-order chi connectivity index (χ1) is 9.04. The van der Waals surface area contributed by atoms with Crippen LogP contribution in [0.5, 0.6) is 0 Å². The van der Waals surface area contributed by atoms with Gasteiger partial charge < -0.3 is 15.7 Å². The standard InChI is InChI=1S/C15H28N2O3/c1-14(2,16)8-7-12(18)17-9-5-6-11(10-17)15(3,4)13(19)20/h11H,5-10,16H2,1-4H3,(H,19,20). The van der Waals surface area contributed by atoms with Crippen LogP contribution in [-0.4, -0.2) is 40.5 Å². The number of nitrogens with two attached hydrogens (primary N) is 1. The van der Waals surface area contributed by atoms with E-state index < -0.39 is 11.4 Å². The molecular formula is C15H28N2O3. The molecule has 20 heavy (non-hydrogen) atoms. The molecule has 1 rings (SSSR count). The number of carboxylic acid groups (broad SMARTS) is 1. The zero-order valence-electron chi connectivity index (χ0n) is 13.1. The maximum Gasteiger partial charge on any atom is 0.309 e. The van der Waals surface area contributed by atoms with E-state index >= 15 is 0 Å². The van der Waals surface area contributed by atoms with Gasteiger partial charge in [0.1, 0.15) is 0 Å². The Hall–Kier alpha value is -1.10. The summed E-state index contributed by atoms with van der Waals surface area (Å²) in [6, 6.07) is 0. The SMILES string of the molecule is CC(C)(N)CCC(=O)N1CCCC(C(C)(C)C(=O)O)C1. The molecule has 1 aliphatic rings. The van der Waals surface area contributed by atoms with Crippen molar-refractivity contribution in [2.45, 2.75) is 58.9 Å². The number of carbonyl (C=O) groups is 2. The third-order valence-corrected chi connectivity index (χ3v) is 4.33. The maximum absolute atomic E-state index is 12.2. The van der Waals surface area contributed by atoms with E-state index in [1.54, 1.807) is 13.8 Å². The number of amides is 1. The van der Waals surface area contributed by atoms with Gasteiger partial charge in [0.25, 0.3) is 0 Å². The molecule has 1 atom stereocenters. The van der Waals surface area contributed by atoms with E-state index in [2.05, 4.69) is 0 Å². The van der Waals surface area contributed by atoms with E-state index in [1.807, 2.05) is 18.7 Å². The molecule has 1 amide bonds. The van der Waals surface area contributed by atoms with Gasteiger partial charge in [-0.15, -0.1) is 0 Å². The fraction of sp³-hybridized carbons (Fsp3) is 0.867. The maximum atomic E-state index is 12.2. The molecule has 0 radical (unpaired) electrons. The van der Waals surface area contributed by atoms with Gasteiger partial charge in [-0.1, -0.05) is 0 Å². The second-order valence-corrected chi connectivity index (χ2v) is 7.19. The van der Waals surface area contributed by atoms with Crippen molar-refractivity contribution in [3.05, 3.63) is 0 Å². The smallest absolute Gasteiger partial charge is 0.309 e. The van der Waals surface area contributed by atoms with E-state index in [4.69, 9.17) is 5.73 Å². The summed E-state index contributed by atoms with van der Waals surface area (Å²) in [6.07, 6.45) is 2.82. The van der Waals surface area contributed by atoms with E-state index in [1.165, 1.54) is 0 Å². The highest BCUT2D eigenvalue weighted by Crippen LogP contribution is 2.34. The van der Waals surface area contributed by atoms with Gasteiger partial charge in [-0.3, -0.25) is 9.59 Å². The van der Waals surface area contributed by atoms with Crippen LogP contribution < -0.4 is 5.73 Å². The number of carbonyl (C=O) groups excluding carboxylic acids is 1. The molecule has 0 bridgehead atoms. The third kappa shape index (κ3) is 4.47. The Morgan fingerprint density at radius 2 is 1.90 bits per heavy atom. The lowest BCUT2D eigenvalue weighted by atomic mass is 9.74. The van der Waals surface area contributed by atoms with Gasteiger partial charge in [-0.25, -0.2) is 0 Å². The molecule has 1 unspecified atom stereocenters. The van der Waals surface area contributed by atoms with Gasteiger partial charge in [0, 0.05) is 25.0 Å². The molecule has 0 aromatic rings. The second-order valence-electron chi connectivity index (χ2n) is 7.19. The molecule has 1 heterocycles. The Kier molecular flexibility index (Phi) is 5.19. The molecule has 5 heteroatoms. The lowest BCUT2D eigenvalue weighted by molar-refractivity contribution is -0.153. The summed E-state index contributed by atoms with van der Waals surface area (Å²) in [6.45, 7) is 8.59. The number of carboxylic acids is 1. The first kappa shape index (κ1) is 17.0. The summed E-state index contributed by atoms with van der Waals surface area (Å²) in [7, 11) is 0. The Bertz CT molecular complexity index is 372. The van der Waals surface area contributed by atoms with Crippen LogP contribution in [0.4, 0.5) is 0 Å². The minimum absolute atomic E-state index is 0.0172. The van der Waals surface area contributed by atoms with Gasteiger partial charge in [0.15, 0.2) is 0 Å². The van der Waals surface area contributed by atoms with Crippen molar-refractivity contribution < 1.29 is 14.7 Å². The Morgan fingerprint density at radius 1 is 1.30 bits per heavy atom. The topological polar surface area (TPSA) is 83.6 Å². The predicted molar refractivity (Wildman–Crippen MR) is 78.2 cm³/mol. The van der Waals surface area contributed by atoms with Crippen molar-refractivity contribution in [2.24, 2.45) is 17.1 Å². The first-order valence-electron chi connectivity index (χ1n) is 7.34. The summed E-state index contributed by atoms with van der Waals surface area (Å²) in [5, 5.41) is 9.31. The lowest BCUT2D eigenvalue weighted by Crippen LogP contribution is -2.47. The molecule has 0 aliphatic carbocycles. The Balaban J connectivity index is 2.61. The molecule has 0 saturated carbocycles. The largest absolute Gasteiger partial charge is 0.481 e. The van der Waals surface area contributed by atoms with Crippen molar-refractivity contribution in [1.29, 1.82) is 0 Å². The number of hydrogen-bond donors (Lipinski definition) is 2. The van der Waals surface area contributed by atoms with Crippen LogP contribution in [0.1, 0.15) is 53.4 Å². The number of rotatable bonds is 5. The highest BCUT2D eigenvalue weighted by molar-refractivity contribution is 5.77. The summed E-state index contributed by atoms with van der Waals surface area (Å²) in [5.74, 6) is -0.683. The number of piperidine rings is 1. The zero-order valence-corrected chi connectivity index (χ0v) is 13.1. The minimum atomic E-state index is -0.792. The number of likely N-dealkylation sites (tertiary alicyclic amines) is 1. The van der Waals surface area contributed by atoms with E-state index in [9.17, 15) is 14.7 Å². The van der Waals surface area contributed by atoms with E-state index in [0.717, 1.165) is 19.4 Å². The third-order valence-electron chi connectivity index (χ3n) is 4.33. The summed E-state index contributed by atoms with van der Waals surface area (Å²) in [5.41, 5.74) is 4.77. The fourth-order valence-corrected chi connectivity index (χ4v) is 2.55. The normalized spacial score (nSPS) is 20.9. The number of hydrogen-bond acceptors (Lipinski definition) is 3. The zero-order chi connectivity index (χ0) is 15.6. The molecule has 3 N–H and O–H groups in total.